The second-order valence-electron chi connectivity index (χ2n) is 6.93. The molecule has 3 N–H and O–H groups in total. The third-order valence-electron chi connectivity index (χ3n) is 4.37. The van der Waals surface area contributed by atoms with Crippen molar-refractivity contribution in [2.75, 3.05) is 23.7 Å². The summed E-state index contributed by atoms with van der Waals surface area (Å²) in [5, 5.41) is 9.35. The van der Waals surface area contributed by atoms with Crippen LogP contribution in [0.5, 0.6) is 0 Å². The first-order valence-electron chi connectivity index (χ1n) is 7.53. The van der Waals surface area contributed by atoms with E-state index in [-0.39, 0.29) is 5.56 Å². The summed E-state index contributed by atoms with van der Waals surface area (Å²) in [6.07, 6.45) is 4.84. The van der Waals surface area contributed by atoms with Crippen LogP contribution in [0.4, 0.5) is 11.5 Å². The number of aromatic carboxylic acids is 1. The maximum absolute atomic E-state index is 11.4. The Morgan fingerprint density at radius 3 is 2.71 bits per heavy atom. The number of nitrogen functional groups attached to an aromatic ring is 1. The van der Waals surface area contributed by atoms with Gasteiger partial charge in [0.25, 0.3) is 0 Å². The molecule has 0 aromatic carbocycles. The van der Waals surface area contributed by atoms with Crippen molar-refractivity contribution in [1.29, 1.82) is 0 Å². The summed E-state index contributed by atoms with van der Waals surface area (Å²) < 4.78 is 0. The maximum Gasteiger partial charge on any atom is 0.339 e. The smallest absolute Gasteiger partial charge is 0.339 e. The van der Waals surface area contributed by atoms with Gasteiger partial charge in [-0.05, 0) is 36.7 Å². The van der Waals surface area contributed by atoms with E-state index >= 15 is 0 Å². The summed E-state index contributed by atoms with van der Waals surface area (Å²) >= 11 is 0. The van der Waals surface area contributed by atoms with Crippen molar-refractivity contribution in [3.8, 4) is 0 Å². The molecule has 1 unspecified atom stereocenters. The summed E-state index contributed by atoms with van der Waals surface area (Å²) in [5.41, 5.74) is 6.54. The maximum atomic E-state index is 11.4. The molecule has 2 rings (SSSR count). The molecule has 0 saturated carbocycles. The van der Waals surface area contributed by atoms with Gasteiger partial charge in [-0.1, -0.05) is 20.8 Å². The van der Waals surface area contributed by atoms with Crippen molar-refractivity contribution in [2.45, 2.75) is 40.0 Å². The van der Waals surface area contributed by atoms with Crippen LogP contribution in [0, 0.1) is 11.3 Å². The molecule has 1 aliphatic rings. The molecular formula is C16H25N3O2. The van der Waals surface area contributed by atoms with E-state index in [4.69, 9.17) is 5.73 Å². The monoisotopic (exact) mass is 291 g/mol. The summed E-state index contributed by atoms with van der Waals surface area (Å²) in [6.45, 7) is 8.52. The van der Waals surface area contributed by atoms with Crippen LogP contribution in [-0.4, -0.2) is 29.1 Å². The van der Waals surface area contributed by atoms with Crippen molar-refractivity contribution in [1.82, 2.24) is 4.98 Å². The molecule has 0 aliphatic carbocycles. The van der Waals surface area contributed by atoms with Gasteiger partial charge in [0.15, 0.2) is 0 Å². The molecule has 21 heavy (non-hydrogen) atoms. The number of carbonyl (C=O) groups is 1. The average molecular weight is 291 g/mol. The molecule has 1 fully saturated rings. The van der Waals surface area contributed by atoms with Gasteiger partial charge in [-0.2, -0.15) is 0 Å². The van der Waals surface area contributed by atoms with Gasteiger partial charge >= 0.3 is 5.97 Å². The van der Waals surface area contributed by atoms with Crippen LogP contribution in [0.3, 0.4) is 0 Å². The molecular weight excluding hydrogens is 266 g/mol. The number of hydrogen-bond acceptors (Lipinski definition) is 4. The van der Waals surface area contributed by atoms with Crippen molar-refractivity contribution in [2.24, 2.45) is 11.3 Å². The minimum absolute atomic E-state index is 0.198. The molecule has 0 spiro atoms. The van der Waals surface area contributed by atoms with Crippen molar-refractivity contribution < 1.29 is 9.90 Å². The molecule has 0 amide bonds. The molecule has 5 heteroatoms. The number of hydrogen-bond donors (Lipinski definition) is 2. The normalized spacial score (nSPS) is 20.1. The van der Waals surface area contributed by atoms with E-state index in [1.54, 1.807) is 0 Å². The lowest BCUT2D eigenvalue weighted by Gasteiger charge is -2.30. The molecule has 0 bridgehead atoms. The summed E-state index contributed by atoms with van der Waals surface area (Å²) in [4.78, 5) is 17.8. The quantitative estimate of drug-likeness (QED) is 0.875. The van der Waals surface area contributed by atoms with Gasteiger partial charge in [-0.25, -0.2) is 9.78 Å². The fraction of sp³-hybridized carbons (Fsp3) is 0.625. The zero-order chi connectivity index (χ0) is 15.6. The van der Waals surface area contributed by atoms with E-state index in [1.807, 2.05) is 0 Å². The number of nitrogens with zero attached hydrogens (tertiary/aromatic N) is 2. The zero-order valence-corrected chi connectivity index (χ0v) is 13.1. The Morgan fingerprint density at radius 1 is 1.38 bits per heavy atom. The molecule has 1 atom stereocenters. The largest absolute Gasteiger partial charge is 0.478 e. The summed E-state index contributed by atoms with van der Waals surface area (Å²) in [6, 6.07) is 1.50. The predicted molar refractivity (Wildman–Crippen MR) is 84.6 cm³/mol. The van der Waals surface area contributed by atoms with Crippen LogP contribution in [0.25, 0.3) is 0 Å². The lowest BCUT2D eigenvalue weighted by molar-refractivity contribution is 0.0697. The second kappa shape index (κ2) is 5.92. The first-order chi connectivity index (χ1) is 9.79. The van der Waals surface area contributed by atoms with Crippen LogP contribution in [0.2, 0.25) is 0 Å². The van der Waals surface area contributed by atoms with Crippen LogP contribution in [0.1, 0.15) is 50.4 Å². The fourth-order valence-corrected chi connectivity index (χ4v) is 3.06. The lowest BCUT2D eigenvalue weighted by Crippen LogP contribution is -2.28. The Hall–Kier alpha value is -1.78. The third kappa shape index (κ3) is 3.65. The van der Waals surface area contributed by atoms with Crippen molar-refractivity contribution >= 4 is 17.5 Å². The number of aromatic nitrogens is 1. The Bertz CT molecular complexity index is 523. The molecule has 1 aromatic heterocycles. The number of rotatable bonds is 2. The van der Waals surface area contributed by atoms with Crippen LogP contribution < -0.4 is 10.6 Å². The van der Waals surface area contributed by atoms with E-state index < -0.39 is 5.97 Å². The Kier molecular flexibility index (Phi) is 4.40. The van der Waals surface area contributed by atoms with Gasteiger partial charge < -0.3 is 15.7 Å². The molecule has 2 heterocycles. The number of nitrogens with two attached hydrogens (primary N) is 1. The molecule has 1 aromatic rings. The molecule has 5 nitrogen and oxygen atoms in total. The summed E-state index contributed by atoms with van der Waals surface area (Å²) in [7, 11) is 0. The average Bonchev–Trinajstić information content (AvgIpc) is 2.63. The van der Waals surface area contributed by atoms with E-state index in [0.717, 1.165) is 25.9 Å². The van der Waals surface area contributed by atoms with E-state index in [2.05, 4.69) is 30.7 Å². The number of pyridine rings is 1. The number of carboxylic acid groups (broad SMARTS) is 1. The Balaban J connectivity index is 2.22. The Labute approximate surface area is 126 Å². The van der Waals surface area contributed by atoms with Crippen LogP contribution >= 0.6 is 0 Å². The highest BCUT2D eigenvalue weighted by atomic mass is 16.4. The number of carboxylic acids is 1. The van der Waals surface area contributed by atoms with Gasteiger partial charge in [-0.3, -0.25) is 0 Å². The van der Waals surface area contributed by atoms with E-state index in [9.17, 15) is 9.90 Å². The van der Waals surface area contributed by atoms with Gasteiger partial charge in [0, 0.05) is 13.1 Å². The SMILES string of the molecule is CC(C)(C)C1CCCN(c2ncc(N)cc2C(=O)O)CC1. The van der Waals surface area contributed by atoms with Gasteiger partial charge in [-0.15, -0.1) is 0 Å². The molecule has 1 saturated heterocycles. The van der Waals surface area contributed by atoms with E-state index in [0.29, 0.717) is 22.8 Å². The standard InChI is InChI=1S/C16H25N3O2/c1-16(2,3)11-5-4-7-19(8-6-11)14-13(15(20)21)9-12(17)10-18-14/h9-11H,4-8,17H2,1-3H3,(H,20,21). The number of anilines is 2. The van der Waals surface area contributed by atoms with Gasteiger partial charge in [0.05, 0.1) is 11.9 Å². The minimum atomic E-state index is -0.971. The first kappa shape index (κ1) is 15.6. The highest BCUT2D eigenvalue weighted by Gasteiger charge is 2.28. The highest BCUT2D eigenvalue weighted by Crippen LogP contribution is 2.35. The Morgan fingerprint density at radius 2 is 2.10 bits per heavy atom. The summed E-state index contributed by atoms with van der Waals surface area (Å²) in [5.74, 6) is 0.234. The van der Waals surface area contributed by atoms with Crippen molar-refractivity contribution in [3.05, 3.63) is 17.8 Å². The molecule has 116 valence electrons. The van der Waals surface area contributed by atoms with Crippen molar-refractivity contribution in [3.63, 3.8) is 0 Å². The topological polar surface area (TPSA) is 79.5 Å². The predicted octanol–water partition coefficient (Wildman–Crippen LogP) is 3.01. The minimum Gasteiger partial charge on any atom is -0.478 e. The fourth-order valence-electron chi connectivity index (χ4n) is 3.06. The lowest BCUT2D eigenvalue weighted by atomic mass is 9.77. The van der Waals surface area contributed by atoms with Crippen LogP contribution in [-0.2, 0) is 0 Å². The molecule has 1 aliphatic heterocycles. The zero-order valence-electron chi connectivity index (χ0n) is 13.1. The van der Waals surface area contributed by atoms with Crippen LogP contribution in [0.15, 0.2) is 12.3 Å². The third-order valence-corrected chi connectivity index (χ3v) is 4.37. The van der Waals surface area contributed by atoms with E-state index in [1.165, 1.54) is 18.7 Å². The van der Waals surface area contributed by atoms with Gasteiger partial charge in [0.2, 0.25) is 0 Å². The second-order valence-corrected chi connectivity index (χ2v) is 6.93. The first-order valence-corrected chi connectivity index (χ1v) is 7.53. The highest BCUT2D eigenvalue weighted by molar-refractivity contribution is 5.94. The molecule has 0 radical (unpaired) electrons. The van der Waals surface area contributed by atoms with Gasteiger partial charge in [0.1, 0.15) is 11.4 Å².